The van der Waals surface area contributed by atoms with E-state index in [0.717, 1.165) is 18.4 Å². The zero-order valence-electron chi connectivity index (χ0n) is 29.4. The highest BCUT2D eigenvalue weighted by atomic mass is 16.5. The quantitative estimate of drug-likeness (QED) is 0.191. The zero-order chi connectivity index (χ0) is 35.8. The van der Waals surface area contributed by atoms with E-state index in [-0.39, 0.29) is 35.2 Å². The number of carbonyl (C=O) groups is 2. The first-order valence-electron chi connectivity index (χ1n) is 17.2. The number of benzene rings is 1. The van der Waals surface area contributed by atoms with Crippen molar-refractivity contribution in [3.63, 3.8) is 0 Å². The van der Waals surface area contributed by atoms with Gasteiger partial charge in [-0.2, -0.15) is 0 Å². The van der Waals surface area contributed by atoms with Gasteiger partial charge in [0.25, 0.3) is 0 Å². The molecular weight excluding hydrogens is 632 g/mol. The lowest BCUT2D eigenvalue weighted by atomic mass is 9.89. The Kier molecular flexibility index (Phi) is 11.9. The van der Waals surface area contributed by atoms with Crippen LogP contribution in [0.25, 0.3) is 0 Å². The van der Waals surface area contributed by atoms with Gasteiger partial charge in [0.05, 0.1) is 30.0 Å². The van der Waals surface area contributed by atoms with Gasteiger partial charge in [0.15, 0.2) is 0 Å². The van der Waals surface area contributed by atoms with Gasteiger partial charge in [0, 0.05) is 56.6 Å². The zero-order valence-corrected chi connectivity index (χ0v) is 29.4. The van der Waals surface area contributed by atoms with Crippen molar-refractivity contribution >= 4 is 41.2 Å². The summed E-state index contributed by atoms with van der Waals surface area (Å²) >= 11 is 0. The SMILES string of the molecule is CCN(C(=O)[C@@H]1CCN(CC(=O)N2CCC(c3ccc(C(N)=NC=NC)cc3)CC2)C1)c1ccc(N)c(C(=N)c2ccc(OC(C)C)nc2)n1. The number of likely N-dealkylation sites (tertiary alicyclic amines) is 2. The molecule has 0 saturated carbocycles. The van der Waals surface area contributed by atoms with E-state index in [1.807, 2.05) is 37.8 Å². The fourth-order valence-corrected chi connectivity index (χ4v) is 6.49. The van der Waals surface area contributed by atoms with E-state index in [0.29, 0.717) is 80.4 Å². The van der Waals surface area contributed by atoms with Gasteiger partial charge in [-0.15, -0.1) is 0 Å². The monoisotopic (exact) mass is 680 g/mol. The smallest absolute Gasteiger partial charge is 0.236 e. The Morgan fingerprint density at radius 1 is 1.06 bits per heavy atom. The molecule has 2 saturated heterocycles. The van der Waals surface area contributed by atoms with Crippen LogP contribution in [-0.4, -0.2) is 102 Å². The minimum Gasteiger partial charge on any atom is -0.475 e. The van der Waals surface area contributed by atoms with Crippen molar-refractivity contribution in [2.75, 3.05) is 56.9 Å². The molecule has 13 nitrogen and oxygen atoms in total. The molecular formula is C37H48N10O3. The minimum atomic E-state index is -0.259. The molecule has 1 aromatic carbocycles. The molecule has 1 atom stereocenters. The number of aromatic nitrogens is 2. The normalized spacial score (nSPS) is 17.4. The van der Waals surface area contributed by atoms with Crippen LogP contribution in [0.1, 0.15) is 68.3 Å². The van der Waals surface area contributed by atoms with E-state index < -0.39 is 0 Å². The van der Waals surface area contributed by atoms with Crippen molar-refractivity contribution in [1.29, 1.82) is 5.41 Å². The Hall–Kier alpha value is -5.17. The molecule has 2 aromatic heterocycles. The van der Waals surface area contributed by atoms with Crippen LogP contribution in [0.5, 0.6) is 5.88 Å². The van der Waals surface area contributed by atoms with E-state index in [1.54, 1.807) is 42.4 Å². The number of carbonyl (C=O) groups excluding carboxylic acids is 2. The Labute approximate surface area is 294 Å². The second-order valence-electron chi connectivity index (χ2n) is 13.0. The van der Waals surface area contributed by atoms with Gasteiger partial charge in [-0.3, -0.25) is 29.8 Å². The molecule has 2 aliphatic rings. The molecule has 5 N–H and O–H groups in total. The average Bonchev–Trinajstić information content (AvgIpc) is 3.60. The number of nitrogen functional groups attached to an aromatic ring is 1. The highest BCUT2D eigenvalue weighted by Crippen LogP contribution is 2.29. The summed E-state index contributed by atoms with van der Waals surface area (Å²) in [6, 6.07) is 15.0. The molecule has 0 radical (unpaired) electrons. The molecule has 0 aliphatic carbocycles. The summed E-state index contributed by atoms with van der Waals surface area (Å²) in [4.78, 5) is 49.7. The van der Waals surface area contributed by atoms with Crippen LogP contribution in [0.2, 0.25) is 0 Å². The third kappa shape index (κ3) is 8.70. The second-order valence-corrected chi connectivity index (χ2v) is 13.0. The standard InChI is InChI=1S/C37H48N10O3/c1-5-47(31-12-11-30(38)35(44-31)34(39)28-10-13-32(42-20-28)50-24(2)3)37(49)29-14-17-45(21-29)22-33(48)46-18-15-26(16-19-46)25-6-8-27(9-7-25)36(40)43-23-41-4/h6-13,20,23-24,26,29,39H,5,14-19,21-22,38H2,1-4H3,(H2,40,41,43)/t29-/m1/s1. The predicted molar refractivity (Wildman–Crippen MR) is 197 cm³/mol. The van der Waals surface area contributed by atoms with Crippen molar-refractivity contribution in [2.45, 2.75) is 52.1 Å². The first kappa shape index (κ1) is 36.1. The third-order valence-corrected chi connectivity index (χ3v) is 9.21. The van der Waals surface area contributed by atoms with Crippen molar-refractivity contribution in [1.82, 2.24) is 19.8 Å². The van der Waals surface area contributed by atoms with Gasteiger partial charge in [-0.05, 0) is 76.3 Å². The first-order valence-corrected chi connectivity index (χ1v) is 17.2. The average molecular weight is 681 g/mol. The summed E-state index contributed by atoms with van der Waals surface area (Å²) in [7, 11) is 1.65. The number of amidine groups is 1. The van der Waals surface area contributed by atoms with Crippen LogP contribution >= 0.6 is 0 Å². The van der Waals surface area contributed by atoms with Crippen LogP contribution in [0.15, 0.2) is 64.7 Å². The van der Waals surface area contributed by atoms with E-state index in [2.05, 4.69) is 37.0 Å². The maximum absolute atomic E-state index is 13.8. The van der Waals surface area contributed by atoms with Crippen LogP contribution in [0, 0.1) is 11.3 Å². The van der Waals surface area contributed by atoms with Crippen molar-refractivity contribution < 1.29 is 14.3 Å². The lowest BCUT2D eigenvalue weighted by molar-refractivity contribution is -0.133. The molecule has 0 unspecified atom stereocenters. The summed E-state index contributed by atoms with van der Waals surface area (Å²) in [5, 5.41) is 8.78. The number of amides is 2. The Morgan fingerprint density at radius 3 is 2.42 bits per heavy atom. The Balaban J connectivity index is 1.14. The molecule has 50 heavy (non-hydrogen) atoms. The number of hydrogen-bond donors (Lipinski definition) is 3. The number of hydrogen-bond acceptors (Lipinski definition) is 9. The minimum absolute atomic E-state index is 0.0143. The largest absolute Gasteiger partial charge is 0.475 e. The van der Waals surface area contributed by atoms with Gasteiger partial charge in [-0.1, -0.05) is 24.3 Å². The molecule has 4 heterocycles. The summed E-state index contributed by atoms with van der Waals surface area (Å²) in [5.41, 5.74) is 15.6. The number of nitrogens with one attached hydrogen (secondary N) is 1. The highest BCUT2D eigenvalue weighted by molar-refractivity contribution is 6.12. The number of piperidine rings is 1. The Morgan fingerprint density at radius 2 is 1.78 bits per heavy atom. The Bertz CT molecular complexity index is 1710. The predicted octanol–water partition coefficient (Wildman–Crippen LogP) is 3.71. The number of nitrogens with zero attached hydrogens (tertiary/aromatic N) is 7. The number of aliphatic imine (C=N–C) groups is 2. The van der Waals surface area contributed by atoms with Gasteiger partial charge in [0.2, 0.25) is 17.7 Å². The molecule has 264 valence electrons. The lowest BCUT2D eigenvalue weighted by Crippen LogP contribution is -2.44. The molecule has 5 rings (SSSR count). The molecule has 0 bridgehead atoms. The van der Waals surface area contributed by atoms with Gasteiger partial charge >= 0.3 is 0 Å². The molecule has 2 amide bonds. The second kappa shape index (κ2) is 16.5. The summed E-state index contributed by atoms with van der Waals surface area (Å²) in [5.74, 6) is 1.51. The highest BCUT2D eigenvalue weighted by Gasteiger charge is 2.34. The topological polar surface area (TPSA) is 179 Å². The van der Waals surface area contributed by atoms with E-state index in [9.17, 15) is 9.59 Å². The van der Waals surface area contributed by atoms with Crippen LogP contribution < -0.4 is 21.1 Å². The fourth-order valence-electron chi connectivity index (χ4n) is 6.49. The fraction of sp³-hybridized carbons (Fsp3) is 0.432. The number of pyridine rings is 2. The van der Waals surface area contributed by atoms with Crippen LogP contribution in [0.4, 0.5) is 11.5 Å². The van der Waals surface area contributed by atoms with Gasteiger partial charge in [-0.25, -0.2) is 15.0 Å². The summed E-state index contributed by atoms with van der Waals surface area (Å²) in [6.07, 6.45) is 5.43. The number of anilines is 2. The number of nitrogens with two attached hydrogens (primary N) is 2. The van der Waals surface area contributed by atoms with Crippen molar-refractivity contribution in [3.8, 4) is 5.88 Å². The molecule has 2 aliphatic heterocycles. The maximum Gasteiger partial charge on any atom is 0.236 e. The van der Waals surface area contributed by atoms with Crippen LogP contribution in [-0.2, 0) is 9.59 Å². The molecule has 13 heteroatoms. The molecule has 0 spiro atoms. The van der Waals surface area contributed by atoms with Gasteiger partial charge < -0.3 is 21.1 Å². The summed E-state index contributed by atoms with van der Waals surface area (Å²) in [6.45, 7) is 9.04. The maximum atomic E-state index is 13.8. The van der Waals surface area contributed by atoms with E-state index in [4.69, 9.17) is 21.6 Å². The van der Waals surface area contributed by atoms with Gasteiger partial charge in [0.1, 0.15) is 23.7 Å². The summed E-state index contributed by atoms with van der Waals surface area (Å²) < 4.78 is 5.61. The first-order chi connectivity index (χ1) is 24.1. The molecule has 3 aromatic rings. The van der Waals surface area contributed by atoms with Crippen molar-refractivity contribution in [3.05, 3.63) is 77.1 Å². The lowest BCUT2D eigenvalue weighted by Gasteiger charge is -2.33. The van der Waals surface area contributed by atoms with Crippen LogP contribution in [0.3, 0.4) is 0 Å². The third-order valence-electron chi connectivity index (χ3n) is 9.21. The molecule has 2 fully saturated rings. The van der Waals surface area contributed by atoms with E-state index in [1.165, 1.54) is 11.9 Å². The number of ether oxygens (including phenoxy) is 1. The van der Waals surface area contributed by atoms with Crippen molar-refractivity contribution in [2.24, 2.45) is 21.6 Å². The van der Waals surface area contributed by atoms with E-state index >= 15 is 0 Å². The number of rotatable bonds is 12.